The van der Waals surface area contributed by atoms with Gasteiger partial charge in [0.05, 0.1) is 0 Å². The van der Waals surface area contributed by atoms with Crippen molar-refractivity contribution in [1.29, 1.82) is 0 Å². The van der Waals surface area contributed by atoms with Crippen molar-refractivity contribution in [2.45, 2.75) is 13.8 Å². The molecule has 0 bridgehead atoms. The highest BCUT2D eigenvalue weighted by Gasteiger charge is 2.08. The summed E-state index contributed by atoms with van der Waals surface area (Å²) in [5, 5.41) is 6.65. The highest BCUT2D eigenvalue weighted by Crippen LogP contribution is 2.20. The highest BCUT2D eigenvalue weighted by molar-refractivity contribution is 5.91. The Morgan fingerprint density at radius 3 is 2.92 bits per heavy atom. The summed E-state index contributed by atoms with van der Waals surface area (Å²) in [4.78, 5) is 24.0. The van der Waals surface area contributed by atoms with Crippen molar-refractivity contribution in [2.75, 3.05) is 11.9 Å². The molecule has 0 aliphatic rings. The molecule has 1 amide bonds. The van der Waals surface area contributed by atoms with Gasteiger partial charge in [0.25, 0.3) is 5.91 Å². The number of nitrogens with zero attached hydrogens (tertiary/aromatic N) is 5. The lowest BCUT2D eigenvalue weighted by Gasteiger charge is -2.11. The van der Waals surface area contributed by atoms with E-state index >= 15 is 0 Å². The second-order valence-electron chi connectivity index (χ2n) is 5.14. The van der Waals surface area contributed by atoms with Gasteiger partial charge in [0, 0.05) is 6.07 Å². The maximum Gasteiger partial charge on any atom is 0.263 e. The summed E-state index contributed by atoms with van der Waals surface area (Å²) >= 11 is 0. The van der Waals surface area contributed by atoms with E-state index in [1.807, 2.05) is 32.0 Å². The fourth-order valence-corrected chi connectivity index (χ4v) is 2.07. The van der Waals surface area contributed by atoms with Crippen molar-refractivity contribution >= 4 is 11.7 Å². The molecule has 0 spiro atoms. The monoisotopic (exact) mass is 324 g/mol. The zero-order valence-corrected chi connectivity index (χ0v) is 13.3. The van der Waals surface area contributed by atoms with Crippen LogP contribution in [0, 0.1) is 13.8 Å². The van der Waals surface area contributed by atoms with E-state index in [0.717, 1.165) is 11.1 Å². The molecule has 1 N–H and O–H groups in total. The van der Waals surface area contributed by atoms with Crippen LogP contribution in [0.25, 0.3) is 5.82 Å². The number of hydrogen-bond donors (Lipinski definition) is 1. The van der Waals surface area contributed by atoms with Crippen LogP contribution >= 0.6 is 0 Å². The molecule has 0 aliphatic carbocycles. The first-order valence-corrected chi connectivity index (χ1v) is 7.29. The van der Waals surface area contributed by atoms with E-state index in [0.29, 0.717) is 17.4 Å². The second kappa shape index (κ2) is 6.86. The Balaban J connectivity index is 1.63. The molecule has 0 saturated heterocycles. The van der Waals surface area contributed by atoms with Crippen LogP contribution in [0.3, 0.4) is 0 Å². The molecule has 0 aliphatic heterocycles. The number of ether oxygens (including phenoxy) is 1. The van der Waals surface area contributed by atoms with E-state index in [-0.39, 0.29) is 12.5 Å². The van der Waals surface area contributed by atoms with Crippen LogP contribution in [0.4, 0.5) is 5.82 Å². The Labute approximate surface area is 138 Å². The molecule has 3 aromatic rings. The molecular formula is C16H16N6O2. The Morgan fingerprint density at radius 2 is 2.12 bits per heavy atom. The van der Waals surface area contributed by atoms with Gasteiger partial charge in [0.15, 0.2) is 12.4 Å². The number of anilines is 1. The number of aromatic nitrogens is 5. The average Bonchev–Trinajstić information content (AvgIpc) is 3.11. The predicted molar refractivity (Wildman–Crippen MR) is 87.0 cm³/mol. The van der Waals surface area contributed by atoms with Crippen molar-refractivity contribution in [1.82, 2.24) is 24.7 Å². The van der Waals surface area contributed by atoms with Gasteiger partial charge in [-0.05, 0) is 31.0 Å². The first kappa shape index (κ1) is 15.6. The lowest BCUT2D eigenvalue weighted by Crippen LogP contribution is -2.21. The molecule has 0 unspecified atom stereocenters. The van der Waals surface area contributed by atoms with Crippen molar-refractivity contribution in [3.63, 3.8) is 0 Å². The molecule has 1 aromatic carbocycles. The lowest BCUT2D eigenvalue weighted by atomic mass is 10.1. The number of carbonyl (C=O) groups is 1. The normalized spacial score (nSPS) is 10.4. The second-order valence-corrected chi connectivity index (χ2v) is 5.14. The van der Waals surface area contributed by atoms with E-state index < -0.39 is 0 Å². The summed E-state index contributed by atoms with van der Waals surface area (Å²) < 4.78 is 7.05. The van der Waals surface area contributed by atoms with Gasteiger partial charge in [-0.2, -0.15) is 5.10 Å². The molecular weight excluding hydrogens is 308 g/mol. The summed E-state index contributed by atoms with van der Waals surface area (Å²) in [6, 6.07) is 7.33. The van der Waals surface area contributed by atoms with Gasteiger partial charge >= 0.3 is 0 Å². The average molecular weight is 324 g/mol. The van der Waals surface area contributed by atoms with Gasteiger partial charge in [-0.3, -0.25) is 4.79 Å². The zero-order valence-electron chi connectivity index (χ0n) is 13.3. The summed E-state index contributed by atoms with van der Waals surface area (Å²) in [6.07, 6.45) is 4.26. The van der Waals surface area contributed by atoms with Crippen LogP contribution in [-0.2, 0) is 4.79 Å². The fourth-order valence-electron chi connectivity index (χ4n) is 2.07. The molecule has 0 fully saturated rings. The molecule has 24 heavy (non-hydrogen) atoms. The number of rotatable bonds is 5. The first-order valence-electron chi connectivity index (χ1n) is 7.29. The molecule has 0 saturated carbocycles. The minimum atomic E-state index is -0.306. The molecule has 8 nitrogen and oxygen atoms in total. The van der Waals surface area contributed by atoms with Crippen LogP contribution in [0.1, 0.15) is 11.1 Å². The molecule has 8 heteroatoms. The van der Waals surface area contributed by atoms with E-state index in [4.69, 9.17) is 4.74 Å². The third kappa shape index (κ3) is 3.54. The topological polar surface area (TPSA) is 94.8 Å². The highest BCUT2D eigenvalue weighted by atomic mass is 16.5. The standard InChI is InChI=1S/C16H16N6O2/c1-11-4-3-5-13(12(11)2)24-7-16(23)21-14-6-15(19-9-18-14)22-10-17-8-20-22/h3-6,8-10H,7H2,1-2H3,(H,18,19,21,23). The van der Waals surface area contributed by atoms with Gasteiger partial charge < -0.3 is 10.1 Å². The number of nitrogens with one attached hydrogen (secondary N) is 1. The zero-order chi connectivity index (χ0) is 16.9. The van der Waals surface area contributed by atoms with Crippen molar-refractivity contribution in [3.05, 3.63) is 54.4 Å². The molecule has 3 rings (SSSR count). The molecule has 0 atom stereocenters. The van der Waals surface area contributed by atoms with E-state index in [9.17, 15) is 4.79 Å². The van der Waals surface area contributed by atoms with Crippen molar-refractivity contribution in [3.8, 4) is 11.6 Å². The first-order chi connectivity index (χ1) is 11.6. The summed E-state index contributed by atoms with van der Waals surface area (Å²) in [6.45, 7) is 3.85. The minimum Gasteiger partial charge on any atom is -0.483 e. The Hall–Kier alpha value is -3.29. The Bertz CT molecular complexity index is 848. The third-order valence-corrected chi connectivity index (χ3v) is 3.49. The smallest absolute Gasteiger partial charge is 0.263 e. The SMILES string of the molecule is Cc1cccc(OCC(=O)Nc2cc(-n3cncn3)ncn2)c1C. The maximum absolute atomic E-state index is 12.0. The van der Waals surface area contributed by atoms with E-state index in [1.165, 1.54) is 23.7 Å². The minimum absolute atomic E-state index is 0.104. The van der Waals surface area contributed by atoms with Crippen LogP contribution in [0.5, 0.6) is 5.75 Å². The number of carbonyl (C=O) groups excluding carboxylic acids is 1. The Morgan fingerprint density at radius 1 is 1.25 bits per heavy atom. The number of benzene rings is 1. The van der Waals surface area contributed by atoms with E-state index in [1.54, 1.807) is 6.07 Å². The summed E-state index contributed by atoms with van der Waals surface area (Å²) in [7, 11) is 0. The van der Waals surface area contributed by atoms with Crippen LogP contribution in [0.2, 0.25) is 0 Å². The molecule has 0 radical (unpaired) electrons. The summed E-state index contributed by atoms with van der Waals surface area (Å²) in [5.74, 6) is 1.26. The number of hydrogen-bond acceptors (Lipinski definition) is 6. The number of aryl methyl sites for hydroxylation is 1. The van der Waals surface area contributed by atoms with E-state index in [2.05, 4.69) is 25.4 Å². The predicted octanol–water partition coefficient (Wildman–Crippen LogP) is 1.69. The molecule has 2 heterocycles. The van der Waals surface area contributed by atoms with Crippen molar-refractivity contribution < 1.29 is 9.53 Å². The van der Waals surface area contributed by atoms with Crippen LogP contribution < -0.4 is 10.1 Å². The number of amides is 1. The molecule has 122 valence electrons. The fraction of sp³-hybridized carbons (Fsp3) is 0.188. The van der Waals surface area contributed by atoms with Crippen molar-refractivity contribution in [2.24, 2.45) is 0 Å². The van der Waals surface area contributed by atoms with Crippen LogP contribution in [0.15, 0.2) is 43.2 Å². The van der Waals surface area contributed by atoms with Gasteiger partial charge in [-0.15, -0.1) is 0 Å². The maximum atomic E-state index is 12.0. The lowest BCUT2D eigenvalue weighted by molar-refractivity contribution is -0.118. The largest absolute Gasteiger partial charge is 0.483 e. The quantitative estimate of drug-likeness (QED) is 0.767. The summed E-state index contributed by atoms with van der Waals surface area (Å²) in [5.41, 5.74) is 2.13. The van der Waals surface area contributed by atoms with Crippen LogP contribution in [-0.4, -0.2) is 37.2 Å². The van der Waals surface area contributed by atoms with Gasteiger partial charge in [-0.1, -0.05) is 12.1 Å². The Kier molecular flexibility index (Phi) is 4.46. The van der Waals surface area contributed by atoms with Gasteiger partial charge in [0.2, 0.25) is 0 Å². The molecule has 2 aromatic heterocycles. The van der Waals surface area contributed by atoms with Gasteiger partial charge in [-0.25, -0.2) is 19.6 Å². The van der Waals surface area contributed by atoms with Gasteiger partial charge in [0.1, 0.15) is 30.5 Å². The third-order valence-electron chi connectivity index (χ3n) is 3.49.